The molecule has 2 aromatic carbocycles. The maximum Gasteiger partial charge on any atom is 0.319 e. The van der Waals surface area contributed by atoms with E-state index in [0.29, 0.717) is 29.8 Å². The summed E-state index contributed by atoms with van der Waals surface area (Å²) in [6, 6.07) is 13.1. The van der Waals surface area contributed by atoms with Gasteiger partial charge < -0.3 is 19.8 Å². The van der Waals surface area contributed by atoms with Crippen LogP contribution in [-0.4, -0.2) is 29.9 Å². The molecule has 7 heteroatoms. The van der Waals surface area contributed by atoms with Crippen LogP contribution >= 0.6 is 0 Å². The van der Waals surface area contributed by atoms with Crippen molar-refractivity contribution < 1.29 is 13.9 Å². The Morgan fingerprint density at radius 2 is 1.88 bits per heavy atom. The van der Waals surface area contributed by atoms with Gasteiger partial charge in [0.15, 0.2) is 0 Å². The van der Waals surface area contributed by atoms with Gasteiger partial charge in [0.1, 0.15) is 5.75 Å². The predicted molar refractivity (Wildman–Crippen MR) is 99.2 cm³/mol. The van der Waals surface area contributed by atoms with Crippen molar-refractivity contribution in [1.82, 2.24) is 15.5 Å². The standard InChI is InChI=1S/C19H20N4O3/c1-4-20-19(24)21-16-9-8-14(11-17(16)25-3)13-6-5-7-15(10-13)18-23-22-12(2)26-18/h5-11H,4H2,1-3H3,(H2,20,21,24). The van der Waals surface area contributed by atoms with E-state index < -0.39 is 0 Å². The smallest absolute Gasteiger partial charge is 0.319 e. The van der Waals surface area contributed by atoms with Crippen LogP contribution in [0.2, 0.25) is 0 Å². The van der Waals surface area contributed by atoms with Crippen molar-refractivity contribution in [2.24, 2.45) is 0 Å². The first kappa shape index (κ1) is 17.5. The first-order valence-corrected chi connectivity index (χ1v) is 8.24. The minimum Gasteiger partial charge on any atom is -0.495 e. The molecular formula is C19H20N4O3. The Labute approximate surface area is 151 Å². The van der Waals surface area contributed by atoms with E-state index in [1.807, 2.05) is 49.4 Å². The topological polar surface area (TPSA) is 89.3 Å². The van der Waals surface area contributed by atoms with Gasteiger partial charge in [0.2, 0.25) is 11.8 Å². The Bertz CT molecular complexity index is 921. The highest BCUT2D eigenvalue weighted by atomic mass is 16.5. The average Bonchev–Trinajstić information content (AvgIpc) is 3.09. The second kappa shape index (κ2) is 7.69. The van der Waals surface area contributed by atoms with Gasteiger partial charge in [-0.2, -0.15) is 0 Å². The second-order valence-corrected chi connectivity index (χ2v) is 5.61. The van der Waals surface area contributed by atoms with Crippen LogP contribution in [0, 0.1) is 6.92 Å². The SMILES string of the molecule is CCNC(=O)Nc1ccc(-c2cccc(-c3nnc(C)o3)c2)cc1OC. The number of nitrogens with one attached hydrogen (secondary N) is 2. The monoisotopic (exact) mass is 352 g/mol. The Morgan fingerprint density at radius 3 is 2.58 bits per heavy atom. The summed E-state index contributed by atoms with van der Waals surface area (Å²) < 4.78 is 10.9. The molecule has 0 fully saturated rings. The highest BCUT2D eigenvalue weighted by molar-refractivity contribution is 5.91. The zero-order valence-electron chi connectivity index (χ0n) is 14.9. The van der Waals surface area contributed by atoms with E-state index in [2.05, 4.69) is 20.8 Å². The number of amides is 2. The molecule has 0 unspecified atom stereocenters. The normalized spacial score (nSPS) is 10.4. The molecule has 0 aliphatic rings. The van der Waals surface area contributed by atoms with E-state index in [9.17, 15) is 4.79 Å². The van der Waals surface area contributed by atoms with Gasteiger partial charge in [0.05, 0.1) is 12.8 Å². The molecule has 0 atom stereocenters. The minimum atomic E-state index is -0.271. The number of carbonyl (C=O) groups is 1. The number of hydrogen-bond donors (Lipinski definition) is 2. The van der Waals surface area contributed by atoms with E-state index in [4.69, 9.17) is 9.15 Å². The van der Waals surface area contributed by atoms with Gasteiger partial charge in [0.25, 0.3) is 0 Å². The number of anilines is 1. The van der Waals surface area contributed by atoms with Crippen LogP contribution in [0.15, 0.2) is 46.9 Å². The maximum atomic E-state index is 11.7. The van der Waals surface area contributed by atoms with Crippen molar-refractivity contribution in [1.29, 1.82) is 0 Å². The number of aryl methyl sites for hydroxylation is 1. The number of ether oxygens (including phenoxy) is 1. The summed E-state index contributed by atoms with van der Waals surface area (Å²) in [5, 5.41) is 13.4. The number of aromatic nitrogens is 2. The fourth-order valence-electron chi connectivity index (χ4n) is 2.55. The molecule has 1 aromatic heterocycles. The zero-order valence-corrected chi connectivity index (χ0v) is 14.9. The number of nitrogens with zero attached hydrogens (tertiary/aromatic N) is 2. The van der Waals surface area contributed by atoms with Gasteiger partial charge in [-0.05, 0) is 42.3 Å². The first-order chi connectivity index (χ1) is 12.6. The molecule has 0 saturated carbocycles. The van der Waals surface area contributed by atoms with E-state index in [-0.39, 0.29) is 6.03 Å². The lowest BCUT2D eigenvalue weighted by Crippen LogP contribution is -2.28. The number of methoxy groups -OCH3 is 1. The van der Waals surface area contributed by atoms with E-state index >= 15 is 0 Å². The molecule has 0 aliphatic heterocycles. The lowest BCUT2D eigenvalue weighted by molar-refractivity contribution is 0.252. The number of rotatable bonds is 5. The lowest BCUT2D eigenvalue weighted by atomic mass is 10.0. The summed E-state index contributed by atoms with van der Waals surface area (Å²) in [7, 11) is 1.57. The molecule has 0 bridgehead atoms. The van der Waals surface area contributed by atoms with Crippen molar-refractivity contribution >= 4 is 11.7 Å². The second-order valence-electron chi connectivity index (χ2n) is 5.61. The van der Waals surface area contributed by atoms with Gasteiger partial charge in [0, 0.05) is 19.0 Å². The summed E-state index contributed by atoms with van der Waals surface area (Å²) in [4.78, 5) is 11.7. The predicted octanol–water partition coefficient (Wildman–Crippen LogP) is 3.86. The molecule has 7 nitrogen and oxygen atoms in total. The van der Waals surface area contributed by atoms with Gasteiger partial charge in [-0.3, -0.25) is 0 Å². The number of hydrogen-bond acceptors (Lipinski definition) is 5. The largest absolute Gasteiger partial charge is 0.495 e. The van der Waals surface area contributed by atoms with Gasteiger partial charge >= 0.3 is 6.03 Å². The molecule has 134 valence electrons. The van der Waals surface area contributed by atoms with Crippen LogP contribution in [0.25, 0.3) is 22.6 Å². The summed E-state index contributed by atoms with van der Waals surface area (Å²) in [6.07, 6.45) is 0. The van der Waals surface area contributed by atoms with Gasteiger partial charge in [-0.1, -0.05) is 18.2 Å². The first-order valence-electron chi connectivity index (χ1n) is 8.24. The zero-order chi connectivity index (χ0) is 18.5. The van der Waals surface area contributed by atoms with Crippen molar-refractivity contribution in [3.8, 4) is 28.3 Å². The molecule has 0 spiro atoms. The van der Waals surface area contributed by atoms with Crippen molar-refractivity contribution in [3.63, 3.8) is 0 Å². The Kier molecular flexibility index (Phi) is 5.17. The summed E-state index contributed by atoms with van der Waals surface area (Å²) in [5.74, 6) is 1.58. The van der Waals surface area contributed by atoms with Crippen molar-refractivity contribution in [2.75, 3.05) is 19.0 Å². The Hall–Kier alpha value is -3.35. The third-order valence-electron chi connectivity index (χ3n) is 3.76. The molecule has 0 radical (unpaired) electrons. The molecule has 26 heavy (non-hydrogen) atoms. The van der Waals surface area contributed by atoms with Crippen molar-refractivity contribution in [2.45, 2.75) is 13.8 Å². The highest BCUT2D eigenvalue weighted by Gasteiger charge is 2.11. The van der Waals surface area contributed by atoms with Crippen LogP contribution in [0.5, 0.6) is 5.75 Å². The van der Waals surface area contributed by atoms with Gasteiger partial charge in [-0.15, -0.1) is 10.2 Å². The van der Waals surface area contributed by atoms with E-state index in [0.717, 1.165) is 16.7 Å². The molecule has 1 heterocycles. The molecule has 3 rings (SSSR count). The number of urea groups is 1. The van der Waals surface area contributed by atoms with E-state index in [1.165, 1.54) is 0 Å². The van der Waals surface area contributed by atoms with Gasteiger partial charge in [-0.25, -0.2) is 4.79 Å². The third kappa shape index (κ3) is 3.83. The fraction of sp³-hybridized carbons (Fsp3) is 0.211. The molecular weight excluding hydrogens is 332 g/mol. The number of carbonyl (C=O) groups excluding carboxylic acids is 1. The Balaban J connectivity index is 1.91. The molecule has 3 aromatic rings. The minimum absolute atomic E-state index is 0.271. The lowest BCUT2D eigenvalue weighted by Gasteiger charge is -2.12. The number of benzene rings is 2. The molecule has 2 N–H and O–H groups in total. The molecule has 2 amide bonds. The Morgan fingerprint density at radius 1 is 1.12 bits per heavy atom. The van der Waals surface area contributed by atoms with Crippen LogP contribution in [0.3, 0.4) is 0 Å². The quantitative estimate of drug-likeness (QED) is 0.728. The fourth-order valence-corrected chi connectivity index (χ4v) is 2.55. The van der Waals surface area contributed by atoms with Crippen molar-refractivity contribution in [3.05, 3.63) is 48.4 Å². The van der Waals surface area contributed by atoms with Crippen LogP contribution in [0.4, 0.5) is 10.5 Å². The summed E-state index contributed by atoms with van der Waals surface area (Å²) >= 11 is 0. The summed E-state index contributed by atoms with van der Waals surface area (Å²) in [6.45, 7) is 4.16. The molecule has 0 aliphatic carbocycles. The highest BCUT2D eigenvalue weighted by Crippen LogP contribution is 2.32. The van der Waals surface area contributed by atoms with Crippen LogP contribution in [-0.2, 0) is 0 Å². The van der Waals surface area contributed by atoms with Crippen LogP contribution < -0.4 is 15.4 Å². The maximum absolute atomic E-state index is 11.7. The summed E-state index contributed by atoms with van der Waals surface area (Å²) in [5.41, 5.74) is 3.36. The third-order valence-corrected chi connectivity index (χ3v) is 3.76. The van der Waals surface area contributed by atoms with E-state index in [1.54, 1.807) is 14.0 Å². The molecule has 0 saturated heterocycles. The van der Waals surface area contributed by atoms with Crippen LogP contribution in [0.1, 0.15) is 12.8 Å². The average molecular weight is 352 g/mol.